The molecule has 0 aliphatic heterocycles. The van der Waals surface area contributed by atoms with Crippen LogP contribution in [0.25, 0.3) is 0 Å². The average Bonchev–Trinajstić information content (AvgIpc) is 2.74. The Morgan fingerprint density at radius 3 is 2.40 bits per heavy atom. The highest BCUT2D eigenvalue weighted by Crippen LogP contribution is 2.28. The van der Waals surface area contributed by atoms with Crippen LogP contribution < -0.4 is 0 Å². The third-order valence-electron chi connectivity index (χ3n) is 2.19. The zero-order valence-corrected chi connectivity index (χ0v) is 10.7. The van der Waals surface area contributed by atoms with Crippen LogP contribution in [0.5, 0.6) is 0 Å². The van der Waals surface area contributed by atoms with Gasteiger partial charge in [-0.1, -0.05) is 11.6 Å². The molecule has 2 heterocycles. The summed E-state index contributed by atoms with van der Waals surface area (Å²) in [6, 6.07) is 5.47. The van der Waals surface area contributed by atoms with Gasteiger partial charge in [-0.3, -0.25) is 4.79 Å². The second-order valence-corrected chi connectivity index (χ2v) is 6.25. The van der Waals surface area contributed by atoms with Gasteiger partial charge in [-0.25, -0.2) is 0 Å². The van der Waals surface area contributed by atoms with E-state index in [1.54, 1.807) is 23.5 Å². The van der Waals surface area contributed by atoms with Gasteiger partial charge >= 0.3 is 0 Å². The van der Waals surface area contributed by atoms with Crippen LogP contribution >= 0.6 is 34.3 Å². The predicted octanol–water partition coefficient (Wildman–Crippen LogP) is 4.31. The fourth-order valence-electron chi connectivity index (χ4n) is 1.24. The number of rotatable bonds is 2. The van der Waals surface area contributed by atoms with E-state index in [-0.39, 0.29) is 5.78 Å². The van der Waals surface area contributed by atoms with E-state index >= 15 is 0 Å². The van der Waals surface area contributed by atoms with Crippen molar-refractivity contribution in [2.45, 2.75) is 13.8 Å². The third kappa shape index (κ3) is 2.14. The first kappa shape index (κ1) is 10.9. The molecule has 0 unspecified atom stereocenters. The highest BCUT2D eigenvalue weighted by Gasteiger charge is 2.14. The van der Waals surface area contributed by atoms with Crippen molar-refractivity contribution in [1.82, 2.24) is 0 Å². The lowest BCUT2D eigenvalue weighted by atomic mass is 10.2. The van der Waals surface area contributed by atoms with Crippen molar-refractivity contribution < 1.29 is 4.79 Å². The molecule has 0 N–H and O–H groups in total. The highest BCUT2D eigenvalue weighted by atomic mass is 35.5. The number of hydrogen-bond acceptors (Lipinski definition) is 3. The fraction of sp³-hybridized carbons (Fsp3) is 0.182. The number of carbonyl (C=O) groups excluding carboxylic acids is 1. The Morgan fingerprint density at radius 2 is 1.93 bits per heavy atom. The lowest BCUT2D eigenvalue weighted by Gasteiger charge is -1.90. The molecular formula is C11H9ClOS2. The average molecular weight is 257 g/mol. The Morgan fingerprint density at radius 1 is 1.20 bits per heavy atom. The summed E-state index contributed by atoms with van der Waals surface area (Å²) in [7, 11) is 0. The van der Waals surface area contributed by atoms with Gasteiger partial charge in [0.15, 0.2) is 0 Å². The van der Waals surface area contributed by atoms with Crippen molar-refractivity contribution in [3.05, 3.63) is 42.7 Å². The van der Waals surface area contributed by atoms with Crippen molar-refractivity contribution in [3.63, 3.8) is 0 Å². The van der Waals surface area contributed by atoms with E-state index in [4.69, 9.17) is 11.6 Å². The van der Waals surface area contributed by atoms with Crippen LogP contribution in [0.1, 0.15) is 25.0 Å². The van der Waals surface area contributed by atoms with Gasteiger partial charge in [-0.2, -0.15) is 0 Å². The van der Waals surface area contributed by atoms with Gasteiger partial charge in [0.1, 0.15) is 0 Å². The van der Waals surface area contributed by atoms with E-state index in [1.165, 1.54) is 21.8 Å². The molecule has 0 amide bonds. The Bertz CT molecular complexity index is 491. The zero-order valence-electron chi connectivity index (χ0n) is 8.33. The summed E-state index contributed by atoms with van der Waals surface area (Å²) in [4.78, 5) is 14.7. The smallest absolute Gasteiger partial charge is 0.212 e. The maximum atomic E-state index is 12.0. The van der Waals surface area contributed by atoms with Crippen LogP contribution in [0.3, 0.4) is 0 Å². The number of aryl methyl sites for hydroxylation is 2. The Labute approximate surface area is 101 Å². The number of thiophene rings is 2. The number of halogens is 1. The van der Waals surface area contributed by atoms with Gasteiger partial charge in [-0.05, 0) is 37.6 Å². The maximum Gasteiger partial charge on any atom is 0.212 e. The monoisotopic (exact) mass is 256 g/mol. The molecule has 0 saturated heterocycles. The van der Waals surface area contributed by atoms with Gasteiger partial charge in [0.05, 0.1) is 14.1 Å². The summed E-state index contributed by atoms with van der Waals surface area (Å²) in [5, 5.41) is 0. The quantitative estimate of drug-likeness (QED) is 0.732. The normalized spacial score (nSPS) is 10.6. The van der Waals surface area contributed by atoms with E-state index in [9.17, 15) is 4.79 Å². The SMILES string of the molecule is Cc1cc(C(=O)c2ccc(Cl)s2)sc1C. The molecule has 0 saturated carbocycles. The molecule has 2 aromatic heterocycles. The summed E-state index contributed by atoms with van der Waals surface area (Å²) >= 11 is 8.67. The van der Waals surface area contributed by atoms with Crippen LogP contribution in [0.2, 0.25) is 4.34 Å². The van der Waals surface area contributed by atoms with E-state index < -0.39 is 0 Å². The molecule has 0 radical (unpaired) electrons. The molecule has 0 aliphatic rings. The number of hydrogen-bond donors (Lipinski definition) is 0. The van der Waals surface area contributed by atoms with Gasteiger partial charge in [0.25, 0.3) is 0 Å². The minimum atomic E-state index is 0.0769. The van der Waals surface area contributed by atoms with Gasteiger partial charge in [-0.15, -0.1) is 22.7 Å². The summed E-state index contributed by atoms with van der Waals surface area (Å²) < 4.78 is 0.656. The van der Waals surface area contributed by atoms with Crippen molar-refractivity contribution in [2.75, 3.05) is 0 Å². The second kappa shape index (κ2) is 4.08. The Kier molecular flexibility index (Phi) is 2.96. The first-order valence-corrected chi connectivity index (χ1v) is 6.46. The number of carbonyl (C=O) groups is 1. The molecule has 0 fully saturated rings. The molecule has 0 aromatic carbocycles. The fourth-order valence-corrected chi connectivity index (χ4v) is 3.29. The first-order valence-electron chi connectivity index (χ1n) is 4.45. The van der Waals surface area contributed by atoms with Crippen LogP contribution in [0.15, 0.2) is 18.2 Å². The topological polar surface area (TPSA) is 17.1 Å². The molecule has 2 rings (SSSR count). The Balaban J connectivity index is 2.36. The minimum absolute atomic E-state index is 0.0769. The standard InChI is InChI=1S/C11H9ClOS2/c1-6-5-9(14-7(6)2)11(13)8-3-4-10(12)15-8/h3-5H,1-2H3. The minimum Gasteiger partial charge on any atom is -0.287 e. The van der Waals surface area contributed by atoms with E-state index in [1.807, 2.05) is 19.9 Å². The molecule has 4 heteroatoms. The van der Waals surface area contributed by atoms with Crippen LogP contribution in [-0.2, 0) is 0 Å². The van der Waals surface area contributed by atoms with Crippen molar-refractivity contribution in [3.8, 4) is 0 Å². The molecule has 2 aromatic rings. The predicted molar refractivity (Wildman–Crippen MR) is 66.6 cm³/mol. The van der Waals surface area contributed by atoms with Gasteiger partial charge in [0, 0.05) is 4.88 Å². The van der Waals surface area contributed by atoms with Crippen LogP contribution in [0, 0.1) is 13.8 Å². The first-order chi connectivity index (χ1) is 7.08. The van der Waals surface area contributed by atoms with Crippen molar-refractivity contribution in [1.29, 1.82) is 0 Å². The van der Waals surface area contributed by atoms with E-state index in [0.29, 0.717) is 9.21 Å². The molecule has 15 heavy (non-hydrogen) atoms. The Hall–Kier alpha value is -0.640. The molecule has 78 valence electrons. The molecule has 1 nitrogen and oxygen atoms in total. The molecule has 0 bridgehead atoms. The molecular weight excluding hydrogens is 248 g/mol. The summed E-state index contributed by atoms with van der Waals surface area (Å²) in [5.74, 6) is 0.0769. The summed E-state index contributed by atoms with van der Waals surface area (Å²) in [6.07, 6.45) is 0. The van der Waals surface area contributed by atoms with Crippen LogP contribution in [-0.4, -0.2) is 5.78 Å². The molecule has 0 spiro atoms. The molecule has 0 aliphatic carbocycles. The summed E-state index contributed by atoms with van der Waals surface area (Å²) in [5.41, 5.74) is 1.17. The van der Waals surface area contributed by atoms with Crippen molar-refractivity contribution in [2.24, 2.45) is 0 Å². The zero-order chi connectivity index (χ0) is 11.0. The highest BCUT2D eigenvalue weighted by molar-refractivity contribution is 7.20. The third-order valence-corrected chi connectivity index (χ3v) is 4.57. The second-order valence-electron chi connectivity index (χ2n) is 3.28. The van der Waals surface area contributed by atoms with Crippen molar-refractivity contribution >= 4 is 40.1 Å². The maximum absolute atomic E-state index is 12.0. The molecule has 0 atom stereocenters. The van der Waals surface area contributed by atoms with Gasteiger partial charge in [0.2, 0.25) is 5.78 Å². The van der Waals surface area contributed by atoms with E-state index in [0.717, 1.165) is 4.88 Å². The van der Waals surface area contributed by atoms with Gasteiger partial charge < -0.3 is 0 Å². The largest absolute Gasteiger partial charge is 0.287 e. The lowest BCUT2D eigenvalue weighted by Crippen LogP contribution is -1.93. The van der Waals surface area contributed by atoms with E-state index in [2.05, 4.69) is 0 Å². The van der Waals surface area contributed by atoms with Crippen LogP contribution in [0.4, 0.5) is 0 Å². The summed E-state index contributed by atoms with van der Waals surface area (Å²) in [6.45, 7) is 4.04. The number of ketones is 1. The lowest BCUT2D eigenvalue weighted by molar-refractivity contribution is 0.104.